The van der Waals surface area contributed by atoms with Crippen LogP contribution in [0.25, 0.3) is 10.8 Å². The highest BCUT2D eigenvalue weighted by Gasteiger charge is 2.11. The SMILES string of the molecule is COc1ccc(CCNC(=O)Cc2ccc3ccccc3c2)cc1OC(F)F. The van der Waals surface area contributed by atoms with Gasteiger partial charge in [0.2, 0.25) is 5.91 Å². The third kappa shape index (κ3) is 5.19. The van der Waals surface area contributed by atoms with E-state index in [0.717, 1.165) is 21.9 Å². The lowest BCUT2D eigenvalue weighted by Crippen LogP contribution is -2.27. The molecule has 1 amide bonds. The largest absolute Gasteiger partial charge is 0.493 e. The summed E-state index contributed by atoms with van der Waals surface area (Å²) in [6.45, 7) is -2.53. The summed E-state index contributed by atoms with van der Waals surface area (Å²) in [5.74, 6) is 0.134. The first-order chi connectivity index (χ1) is 13.5. The average molecular weight is 385 g/mol. The zero-order valence-corrected chi connectivity index (χ0v) is 15.5. The van der Waals surface area contributed by atoms with Crippen LogP contribution in [0.1, 0.15) is 11.1 Å². The van der Waals surface area contributed by atoms with Gasteiger partial charge in [-0.1, -0.05) is 48.5 Å². The van der Waals surface area contributed by atoms with Crippen LogP contribution in [-0.4, -0.2) is 26.2 Å². The van der Waals surface area contributed by atoms with Crippen molar-refractivity contribution in [2.45, 2.75) is 19.5 Å². The molecule has 28 heavy (non-hydrogen) atoms. The number of hydrogen-bond donors (Lipinski definition) is 1. The van der Waals surface area contributed by atoms with Gasteiger partial charge in [-0.25, -0.2) is 0 Å². The molecule has 0 fully saturated rings. The Bertz CT molecular complexity index is 959. The van der Waals surface area contributed by atoms with Crippen LogP contribution in [0.3, 0.4) is 0 Å². The fraction of sp³-hybridized carbons (Fsp3) is 0.227. The minimum atomic E-state index is -2.93. The second kappa shape index (κ2) is 9.17. The number of amides is 1. The summed E-state index contributed by atoms with van der Waals surface area (Å²) in [4.78, 5) is 12.2. The minimum Gasteiger partial charge on any atom is -0.493 e. The van der Waals surface area contributed by atoms with Gasteiger partial charge < -0.3 is 14.8 Å². The number of carbonyl (C=O) groups is 1. The molecule has 0 aliphatic carbocycles. The molecular formula is C22H21F2NO3. The summed E-state index contributed by atoms with van der Waals surface area (Å²) >= 11 is 0. The Morgan fingerprint density at radius 3 is 2.46 bits per heavy atom. The van der Waals surface area contributed by atoms with Crippen LogP contribution in [0, 0.1) is 0 Å². The number of methoxy groups -OCH3 is 1. The standard InChI is InChI=1S/C22H21F2NO3/c1-27-19-9-7-15(13-20(19)28-22(23)24)10-11-25-21(26)14-16-6-8-17-4-2-3-5-18(17)12-16/h2-9,12-13,22H,10-11,14H2,1H3,(H,25,26). The Morgan fingerprint density at radius 2 is 1.71 bits per heavy atom. The van der Waals surface area contributed by atoms with Crippen LogP contribution in [0.2, 0.25) is 0 Å². The minimum absolute atomic E-state index is 0.0162. The van der Waals surface area contributed by atoms with Gasteiger partial charge in [-0.3, -0.25) is 4.79 Å². The normalized spacial score (nSPS) is 10.9. The molecule has 0 radical (unpaired) electrons. The van der Waals surface area contributed by atoms with Crippen LogP contribution in [-0.2, 0) is 17.6 Å². The average Bonchev–Trinajstić information content (AvgIpc) is 2.67. The van der Waals surface area contributed by atoms with Crippen molar-refractivity contribution in [3.63, 3.8) is 0 Å². The van der Waals surface area contributed by atoms with Crippen molar-refractivity contribution >= 4 is 16.7 Å². The lowest BCUT2D eigenvalue weighted by atomic mass is 10.0. The fourth-order valence-corrected chi connectivity index (χ4v) is 3.01. The number of carbonyl (C=O) groups excluding carboxylic acids is 1. The van der Waals surface area contributed by atoms with Crippen molar-refractivity contribution < 1.29 is 23.0 Å². The summed E-state index contributed by atoms with van der Waals surface area (Å²) in [6, 6.07) is 18.8. The molecule has 0 atom stereocenters. The monoisotopic (exact) mass is 385 g/mol. The van der Waals surface area contributed by atoms with E-state index >= 15 is 0 Å². The lowest BCUT2D eigenvalue weighted by Gasteiger charge is -2.12. The number of halogens is 2. The summed E-state index contributed by atoms with van der Waals surface area (Å²) in [5, 5.41) is 5.08. The molecule has 3 rings (SSSR count). The first kappa shape index (κ1) is 19.6. The van der Waals surface area contributed by atoms with Crippen molar-refractivity contribution in [2.75, 3.05) is 13.7 Å². The molecule has 0 aliphatic rings. The van der Waals surface area contributed by atoms with E-state index < -0.39 is 6.61 Å². The second-order valence-corrected chi connectivity index (χ2v) is 6.32. The maximum absolute atomic E-state index is 12.5. The molecule has 3 aromatic rings. The van der Waals surface area contributed by atoms with Gasteiger partial charge in [0.05, 0.1) is 13.5 Å². The zero-order valence-electron chi connectivity index (χ0n) is 15.5. The molecule has 0 unspecified atom stereocenters. The number of fused-ring (bicyclic) bond motifs is 1. The zero-order chi connectivity index (χ0) is 19.9. The van der Waals surface area contributed by atoms with Crippen molar-refractivity contribution in [1.29, 1.82) is 0 Å². The van der Waals surface area contributed by atoms with Crippen LogP contribution in [0.4, 0.5) is 8.78 Å². The molecule has 0 aliphatic heterocycles. The second-order valence-electron chi connectivity index (χ2n) is 6.32. The molecule has 1 N–H and O–H groups in total. The van der Waals surface area contributed by atoms with Crippen molar-refractivity contribution in [1.82, 2.24) is 5.32 Å². The number of nitrogens with one attached hydrogen (secondary N) is 1. The van der Waals surface area contributed by atoms with Crippen molar-refractivity contribution in [3.8, 4) is 11.5 Å². The van der Waals surface area contributed by atoms with Crippen LogP contribution >= 0.6 is 0 Å². The molecule has 0 heterocycles. The van der Waals surface area contributed by atoms with E-state index in [1.54, 1.807) is 12.1 Å². The van der Waals surface area contributed by atoms with E-state index in [0.29, 0.717) is 13.0 Å². The maximum atomic E-state index is 12.5. The third-order valence-electron chi connectivity index (χ3n) is 4.36. The number of rotatable bonds is 8. The smallest absolute Gasteiger partial charge is 0.387 e. The van der Waals surface area contributed by atoms with Crippen LogP contribution < -0.4 is 14.8 Å². The molecule has 146 valence electrons. The summed E-state index contributed by atoms with van der Waals surface area (Å²) in [5.41, 5.74) is 1.70. The van der Waals surface area contributed by atoms with Gasteiger partial charge in [-0.05, 0) is 40.5 Å². The molecular weight excluding hydrogens is 364 g/mol. The molecule has 0 bridgehead atoms. The van der Waals surface area contributed by atoms with E-state index in [2.05, 4.69) is 10.1 Å². The Hall–Kier alpha value is -3.15. The molecule has 4 nitrogen and oxygen atoms in total. The Labute approximate surface area is 162 Å². The Morgan fingerprint density at radius 1 is 0.964 bits per heavy atom. The van der Waals surface area contributed by atoms with Crippen LogP contribution in [0.5, 0.6) is 11.5 Å². The van der Waals surface area contributed by atoms with Crippen LogP contribution in [0.15, 0.2) is 60.7 Å². The van der Waals surface area contributed by atoms with E-state index in [1.807, 2.05) is 42.5 Å². The number of benzene rings is 3. The van der Waals surface area contributed by atoms with Gasteiger partial charge in [0, 0.05) is 6.54 Å². The summed E-state index contributed by atoms with van der Waals surface area (Å²) in [6.07, 6.45) is 0.778. The van der Waals surface area contributed by atoms with Gasteiger partial charge in [-0.15, -0.1) is 0 Å². The van der Waals surface area contributed by atoms with Gasteiger partial charge in [0.25, 0.3) is 0 Å². The number of ether oxygens (including phenoxy) is 2. The highest BCUT2D eigenvalue weighted by molar-refractivity contribution is 5.85. The molecule has 0 spiro atoms. The molecule has 0 saturated carbocycles. The molecule has 0 saturated heterocycles. The summed E-state index contributed by atoms with van der Waals surface area (Å²) in [7, 11) is 1.39. The van der Waals surface area contributed by atoms with Gasteiger partial charge in [-0.2, -0.15) is 8.78 Å². The molecule has 0 aromatic heterocycles. The van der Waals surface area contributed by atoms with E-state index in [1.165, 1.54) is 13.2 Å². The van der Waals surface area contributed by atoms with E-state index in [-0.39, 0.29) is 23.8 Å². The highest BCUT2D eigenvalue weighted by Crippen LogP contribution is 2.29. The van der Waals surface area contributed by atoms with E-state index in [4.69, 9.17) is 4.74 Å². The highest BCUT2D eigenvalue weighted by atomic mass is 19.3. The maximum Gasteiger partial charge on any atom is 0.387 e. The van der Waals surface area contributed by atoms with Gasteiger partial charge >= 0.3 is 6.61 Å². The third-order valence-corrected chi connectivity index (χ3v) is 4.36. The number of hydrogen-bond acceptors (Lipinski definition) is 3. The lowest BCUT2D eigenvalue weighted by molar-refractivity contribution is -0.120. The topological polar surface area (TPSA) is 47.6 Å². The molecule has 6 heteroatoms. The van der Waals surface area contributed by atoms with Gasteiger partial charge in [0.15, 0.2) is 11.5 Å². The van der Waals surface area contributed by atoms with E-state index in [9.17, 15) is 13.6 Å². The quantitative estimate of drug-likeness (QED) is 0.627. The predicted octanol–water partition coefficient (Wildman–Crippen LogP) is 4.35. The first-order valence-corrected chi connectivity index (χ1v) is 8.91. The number of alkyl halides is 2. The Kier molecular flexibility index (Phi) is 6.42. The first-order valence-electron chi connectivity index (χ1n) is 8.91. The molecule has 3 aromatic carbocycles. The fourth-order valence-electron chi connectivity index (χ4n) is 3.01. The van der Waals surface area contributed by atoms with Gasteiger partial charge in [0.1, 0.15) is 0 Å². The summed E-state index contributed by atoms with van der Waals surface area (Å²) < 4.78 is 34.5. The Balaban J connectivity index is 1.54. The van der Waals surface area contributed by atoms with Crippen molar-refractivity contribution in [2.24, 2.45) is 0 Å². The predicted molar refractivity (Wildman–Crippen MR) is 104 cm³/mol. The van der Waals surface area contributed by atoms with Crippen molar-refractivity contribution in [3.05, 3.63) is 71.8 Å².